The number of ether oxygens (including phenoxy) is 2. The number of nitrogens with zero attached hydrogens (tertiary/aromatic N) is 1. The molecule has 7 nitrogen and oxygen atoms in total. The zero-order valence-corrected chi connectivity index (χ0v) is 16.3. The van der Waals surface area contributed by atoms with Crippen LogP contribution < -0.4 is 10.1 Å². The molecule has 2 amide bonds. The molecule has 1 fully saturated rings. The molecule has 2 N–H and O–H groups in total. The summed E-state index contributed by atoms with van der Waals surface area (Å²) in [5, 5.41) is 11.2. The van der Waals surface area contributed by atoms with E-state index in [1.807, 2.05) is 54.6 Å². The zero-order chi connectivity index (χ0) is 20.2. The summed E-state index contributed by atoms with van der Waals surface area (Å²) >= 11 is 1.02. The van der Waals surface area contributed by atoms with E-state index in [4.69, 9.17) is 9.47 Å². The Bertz CT molecular complexity index is 916. The van der Waals surface area contributed by atoms with Crippen LogP contribution in [0.15, 0.2) is 59.6 Å². The predicted octanol–water partition coefficient (Wildman–Crippen LogP) is 2.17. The minimum Gasteiger partial charge on any atom is -0.491 e. The maximum absolute atomic E-state index is 11.7. The highest BCUT2D eigenvalue weighted by molar-refractivity contribution is 8.15. The summed E-state index contributed by atoms with van der Waals surface area (Å²) in [4.78, 5) is 27.5. The van der Waals surface area contributed by atoms with Gasteiger partial charge in [-0.25, -0.2) is 4.99 Å². The second-order valence-corrected chi connectivity index (χ2v) is 7.92. The molecule has 2 aliphatic rings. The number of aliphatic hydroxyl groups excluding tert-OH is 1. The van der Waals surface area contributed by atoms with Crippen LogP contribution in [0.1, 0.15) is 11.1 Å². The van der Waals surface area contributed by atoms with E-state index in [2.05, 4.69) is 10.3 Å². The highest BCUT2D eigenvalue weighted by Gasteiger charge is 2.32. The molecule has 29 heavy (non-hydrogen) atoms. The van der Waals surface area contributed by atoms with Crippen LogP contribution in [0.2, 0.25) is 0 Å². The number of imide groups is 1. The number of hydrogen-bond acceptors (Lipinski definition) is 7. The fourth-order valence-corrected chi connectivity index (χ4v) is 4.02. The number of rotatable bonds is 7. The van der Waals surface area contributed by atoms with Crippen molar-refractivity contribution in [1.29, 1.82) is 0 Å². The average Bonchev–Trinajstić information content (AvgIpc) is 3.30. The first-order chi connectivity index (χ1) is 14.1. The molecule has 2 aliphatic heterocycles. The van der Waals surface area contributed by atoms with Crippen molar-refractivity contribution >= 4 is 28.8 Å². The third kappa shape index (κ3) is 4.60. The molecule has 0 radical (unpaired) electrons. The quantitative estimate of drug-likeness (QED) is 0.723. The number of carbonyl (C=O) groups excluding carboxylic acids is 2. The number of carbonyl (C=O) groups is 2. The lowest BCUT2D eigenvalue weighted by Crippen LogP contribution is -2.31. The molecule has 3 atom stereocenters. The van der Waals surface area contributed by atoms with Crippen LogP contribution in [-0.4, -0.2) is 52.8 Å². The Morgan fingerprint density at radius 1 is 1.10 bits per heavy atom. The smallest absolute Gasteiger partial charge is 0.286 e. The van der Waals surface area contributed by atoms with Crippen molar-refractivity contribution in [3.05, 3.63) is 65.7 Å². The van der Waals surface area contributed by atoms with Gasteiger partial charge in [0.05, 0.1) is 11.9 Å². The van der Waals surface area contributed by atoms with Gasteiger partial charge in [-0.2, -0.15) is 0 Å². The Morgan fingerprint density at radius 3 is 2.52 bits per heavy atom. The number of nitrogens with one attached hydrogen (secondary N) is 1. The summed E-state index contributed by atoms with van der Waals surface area (Å²) in [6, 6.07) is 16.6. The van der Waals surface area contributed by atoms with Crippen LogP contribution >= 0.6 is 11.8 Å². The zero-order valence-electron chi connectivity index (χ0n) is 15.5. The van der Waals surface area contributed by atoms with Crippen molar-refractivity contribution in [2.45, 2.75) is 23.8 Å². The molecule has 2 aromatic carbocycles. The number of benzene rings is 2. The molecule has 2 heterocycles. The lowest BCUT2D eigenvalue weighted by molar-refractivity contribution is -0.118. The van der Waals surface area contributed by atoms with Gasteiger partial charge in [0, 0.05) is 5.56 Å². The van der Waals surface area contributed by atoms with Crippen molar-refractivity contribution in [2.24, 2.45) is 4.99 Å². The first-order valence-electron chi connectivity index (χ1n) is 9.26. The Morgan fingerprint density at radius 2 is 1.86 bits per heavy atom. The molecule has 0 spiro atoms. The van der Waals surface area contributed by atoms with Crippen LogP contribution in [-0.2, 0) is 16.0 Å². The first-order valence-corrected chi connectivity index (χ1v) is 10.1. The molecule has 3 unspecified atom stereocenters. The van der Waals surface area contributed by atoms with Gasteiger partial charge in [-0.1, -0.05) is 42.1 Å². The van der Waals surface area contributed by atoms with Crippen molar-refractivity contribution in [3.8, 4) is 5.75 Å². The molecule has 4 rings (SSSR count). The van der Waals surface area contributed by atoms with Crippen molar-refractivity contribution < 1.29 is 24.2 Å². The van der Waals surface area contributed by atoms with E-state index in [-0.39, 0.29) is 35.7 Å². The van der Waals surface area contributed by atoms with E-state index in [1.165, 1.54) is 0 Å². The van der Waals surface area contributed by atoms with E-state index < -0.39 is 6.10 Å². The summed E-state index contributed by atoms with van der Waals surface area (Å²) in [6.45, 7) is 0.128. The fourth-order valence-electron chi connectivity index (χ4n) is 3.16. The van der Waals surface area contributed by atoms with Gasteiger partial charge in [-0.15, -0.1) is 0 Å². The highest BCUT2D eigenvalue weighted by atomic mass is 32.2. The fraction of sp³-hybridized carbons (Fsp3) is 0.286. The van der Waals surface area contributed by atoms with Crippen molar-refractivity contribution in [1.82, 2.24) is 5.32 Å². The molecule has 2 aromatic rings. The topological polar surface area (TPSA) is 97.2 Å². The largest absolute Gasteiger partial charge is 0.491 e. The first kappa shape index (κ1) is 19.5. The summed E-state index contributed by atoms with van der Waals surface area (Å²) < 4.78 is 11.6. The molecular formula is C21H20N2O5S. The Hall–Kier alpha value is -2.84. The standard InChI is InChI=1S/C21H20N2O5S/c24-11-17-16(22-20(28-17)14-4-2-1-3-5-14)12-27-15-8-6-13(7-9-15)10-18-19(25)23-21(26)29-18/h1-9,16-18,24H,10-12H2,(H,23,25,26). The van der Waals surface area contributed by atoms with Crippen LogP contribution in [0.4, 0.5) is 4.79 Å². The minimum atomic E-state index is -0.445. The predicted molar refractivity (Wildman–Crippen MR) is 109 cm³/mol. The molecular weight excluding hydrogens is 392 g/mol. The van der Waals surface area contributed by atoms with Crippen LogP contribution in [0, 0.1) is 0 Å². The summed E-state index contributed by atoms with van der Waals surface area (Å²) in [5.74, 6) is 0.924. The summed E-state index contributed by atoms with van der Waals surface area (Å²) in [7, 11) is 0. The maximum Gasteiger partial charge on any atom is 0.286 e. The lowest BCUT2D eigenvalue weighted by Gasteiger charge is -2.16. The lowest BCUT2D eigenvalue weighted by atomic mass is 10.1. The summed E-state index contributed by atoms with van der Waals surface area (Å²) in [5.41, 5.74) is 1.81. The van der Waals surface area contributed by atoms with E-state index in [0.717, 1.165) is 22.9 Å². The van der Waals surface area contributed by atoms with Gasteiger partial charge in [-0.3, -0.25) is 14.9 Å². The second-order valence-electron chi connectivity index (χ2n) is 6.75. The van der Waals surface area contributed by atoms with Crippen molar-refractivity contribution in [3.63, 3.8) is 0 Å². The normalized spacial score (nSPS) is 23.5. The molecule has 0 saturated carbocycles. The van der Waals surface area contributed by atoms with Gasteiger partial charge in [0.1, 0.15) is 24.5 Å². The molecule has 150 valence electrons. The van der Waals surface area contributed by atoms with E-state index in [9.17, 15) is 14.7 Å². The molecule has 0 bridgehead atoms. The molecule has 0 aliphatic carbocycles. The van der Waals surface area contributed by atoms with Crippen LogP contribution in [0.3, 0.4) is 0 Å². The van der Waals surface area contributed by atoms with Gasteiger partial charge < -0.3 is 14.6 Å². The average molecular weight is 412 g/mol. The SMILES string of the molecule is O=C1NC(=O)C(Cc2ccc(OCC3N=C(c4ccccc4)OC3CO)cc2)S1. The molecule has 0 aromatic heterocycles. The Balaban J connectivity index is 1.35. The maximum atomic E-state index is 11.7. The van der Waals surface area contributed by atoms with Crippen LogP contribution in [0.5, 0.6) is 5.75 Å². The number of thioether (sulfide) groups is 1. The number of hydrogen-bond donors (Lipinski definition) is 2. The van der Waals surface area contributed by atoms with E-state index in [1.54, 1.807) is 0 Å². The Labute approximate surface area is 172 Å². The van der Waals surface area contributed by atoms with Gasteiger partial charge in [0.25, 0.3) is 5.24 Å². The van der Waals surface area contributed by atoms with E-state index in [0.29, 0.717) is 18.1 Å². The number of aliphatic imine (C=N–C) groups is 1. The van der Waals surface area contributed by atoms with Crippen molar-refractivity contribution in [2.75, 3.05) is 13.2 Å². The van der Waals surface area contributed by atoms with Gasteiger partial charge >= 0.3 is 0 Å². The number of amides is 2. The summed E-state index contributed by atoms with van der Waals surface area (Å²) in [6.07, 6.45) is 0.0379. The van der Waals surface area contributed by atoms with Gasteiger partial charge in [-0.05, 0) is 36.2 Å². The van der Waals surface area contributed by atoms with Crippen LogP contribution in [0.25, 0.3) is 0 Å². The van der Waals surface area contributed by atoms with Gasteiger partial charge in [0.2, 0.25) is 11.8 Å². The third-order valence-corrected chi connectivity index (χ3v) is 5.69. The van der Waals surface area contributed by atoms with Gasteiger partial charge in [0.15, 0.2) is 0 Å². The highest BCUT2D eigenvalue weighted by Crippen LogP contribution is 2.24. The van der Waals surface area contributed by atoms with E-state index >= 15 is 0 Å². The number of aliphatic hydroxyl groups is 1. The second kappa shape index (κ2) is 8.67. The Kier molecular flexibility index (Phi) is 5.82. The third-order valence-electron chi connectivity index (χ3n) is 4.71. The molecule has 8 heteroatoms. The molecule has 1 saturated heterocycles. The monoisotopic (exact) mass is 412 g/mol. The minimum absolute atomic E-state index is 0.146.